The van der Waals surface area contributed by atoms with Gasteiger partial charge in [-0.2, -0.15) is 0 Å². The van der Waals surface area contributed by atoms with Crippen LogP contribution in [0.1, 0.15) is 32.3 Å². The fourth-order valence-electron chi connectivity index (χ4n) is 2.73. The van der Waals surface area contributed by atoms with E-state index in [9.17, 15) is 4.39 Å². The van der Waals surface area contributed by atoms with Crippen molar-refractivity contribution in [3.63, 3.8) is 0 Å². The first-order chi connectivity index (χ1) is 9.56. The van der Waals surface area contributed by atoms with Gasteiger partial charge < -0.3 is 5.32 Å². The summed E-state index contributed by atoms with van der Waals surface area (Å²) < 4.78 is 13.9. The van der Waals surface area contributed by atoms with E-state index in [0.717, 1.165) is 32.1 Å². The van der Waals surface area contributed by atoms with E-state index < -0.39 is 0 Å². The van der Waals surface area contributed by atoms with Gasteiger partial charge in [-0.1, -0.05) is 6.07 Å². The van der Waals surface area contributed by atoms with Crippen molar-refractivity contribution >= 4 is 15.9 Å². The third kappa shape index (κ3) is 4.54. The maximum Gasteiger partial charge on any atom is 0.137 e. The molecule has 4 heteroatoms. The molecule has 0 bridgehead atoms. The van der Waals surface area contributed by atoms with Crippen LogP contribution in [0.25, 0.3) is 0 Å². The minimum atomic E-state index is -0.191. The number of benzene rings is 1. The zero-order chi connectivity index (χ0) is 14.5. The zero-order valence-electron chi connectivity index (χ0n) is 12.3. The zero-order valence-corrected chi connectivity index (χ0v) is 13.9. The number of piperidine rings is 1. The van der Waals surface area contributed by atoms with Gasteiger partial charge in [-0.15, -0.1) is 0 Å². The Morgan fingerprint density at radius 1 is 1.35 bits per heavy atom. The largest absolute Gasteiger partial charge is 0.317 e. The molecule has 0 spiro atoms. The maximum absolute atomic E-state index is 13.3. The molecule has 0 unspecified atom stereocenters. The quantitative estimate of drug-likeness (QED) is 0.875. The van der Waals surface area contributed by atoms with Crippen molar-refractivity contribution in [2.45, 2.75) is 39.3 Å². The Morgan fingerprint density at radius 2 is 2.05 bits per heavy atom. The van der Waals surface area contributed by atoms with Crippen LogP contribution in [0.4, 0.5) is 4.39 Å². The van der Waals surface area contributed by atoms with E-state index in [1.807, 2.05) is 12.1 Å². The second-order valence-electron chi connectivity index (χ2n) is 5.97. The Morgan fingerprint density at radius 3 is 2.65 bits per heavy atom. The molecule has 1 aromatic rings. The van der Waals surface area contributed by atoms with E-state index in [2.05, 4.69) is 40.0 Å². The number of nitrogens with one attached hydrogen (secondary N) is 1. The SMILES string of the molecule is CC(C)N(Cc1ccc(F)c(Br)c1)CC1CCNCC1. The summed E-state index contributed by atoms with van der Waals surface area (Å²) in [5, 5.41) is 3.41. The van der Waals surface area contributed by atoms with E-state index >= 15 is 0 Å². The van der Waals surface area contributed by atoms with Crippen LogP contribution in [0.3, 0.4) is 0 Å². The molecule has 0 saturated carbocycles. The highest BCUT2D eigenvalue weighted by atomic mass is 79.9. The normalized spacial score (nSPS) is 17.1. The van der Waals surface area contributed by atoms with Crippen LogP contribution in [-0.2, 0) is 6.54 Å². The number of rotatable bonds is 5. The molecule has 2 rings (SSSR count). The lowest BCUT2D eigenvalue weighted by molar-refractivity contribution is 0.161. The Hall–Kier alpha value is -0.450. The van der Waals surface area contributed by atoms with Gasteiger partial charge in [0.25, 0.3) is 0 Å². The van der Waals surface area contributed by atoms with Crippen LogP contribution >= 0.6 is 15.9 Å². The smallest absolute Gasteiger partial charge is 0.137 e. The Bertz CT molecular complexity index is 430. The molecule has 1 aliphatic heterocycles. The van der Waals surface area contributed by atoms with Crippen molar-refractivity contribution in [1.29, 1.82) is 0 Å². The summed E-state index contributed by atoms with van der Waals surface area (Å²) in [6.45, 7) is 8.77. The molecule has 1 N–H and O–H groups in total. The van der Waals surface area contributed by atoms with Crippen molar-refractivity contribution in [2.24, 2.45) is 5.92 Å². The summed E-state index contributed by atoms with van der Waals surface area (Å²) in [4.78, 5) is 2.50. The van der Waals surface area contributed by atoms with Crippen molar-refractivity contribution < 1.29 is 4.39 Å². The third-order valence-electron chi connectivity index (χ3n) is 4.05. The molecule has 0 aliphatic carbocycles. The fourth-order valence-corrected chi connectivity index (χ4v) is 3.15. The summed E-state index contributed by atoms with van der Waals surface area (Å²) in [5.41, 5.74) is 1.17. The predicted molar refractivity (Wildman–Crippen MR) is 85.2 cm³/mol. The molecule has 0 amide bonds. The summed E-state index contributed by atoms with van der Waals surface area (Å²) in [6.07, 6.45) is 2.52. The molecule has 1 fully saturated rings. The molecule has 0 radical (unpaired) electrons. The average molecular weight is 343 g/mol. The number of hydrogen-bond donors (Lipinski definition) is 1. The van der Waals surface area contributed by atoms with Gasteiger partial charge in [-0.25, -0.2) is 4.39 Å². The average Bonchev–Trinajstić information content (AvgIpc) is 2.43. The number of halogens is 2. The number of nitrogens with zero attached hydrogens (tertiary/aromatic N) is 1. The first kappa shape index (κ1) is 15.9. The first-order valence-corrected chi connectivity index (χ1v) is 8.24. The second kappa shape index (κ2) is 7.53. The highest BCUT2D eigenvalue weighted by Gasteiger charge is 2.19. The van der Waals surface area contributed by atoms with Crippen LogP contribution in [0.5, 0.6) is 0 Å². The molecule has 20 heavy (non-hydrogen) atoms. The van der Waals surface area contributed by atoms with Crippen LogP contribution in [0, 0.1) is 11.7 Å². The van der Waals surface area contributed by atoms with Gasteiger partial charge in [-0.3, -0.25) is 4.90 Å². The highest BCUT2D eigenvalue weighted by Crippen LogP contribution is 2.21. The molecular formula is C16H24BrFN2. The molecule has 1 saturated heterocycles. The molecule has 0 atom stereocenters. The predicted octanol–water partition coefficient (Wildman–Crippen LogP) is 3.80. The van der Waals surface area contributed by atoms with Crippen molar-refractivity contribution in [2.75, 3.05) is 19.6 Å². The Labute approximate surface area is 129 Å². The third-order valence-corrected chi connectivity index (χ3v) is 4.66. The summed E-state index contributed by atoms with van der Waals surface area (Å²) >= 11 is 3.27. The van der Waals surface area contributed by atoms with Gasteiger partial charge in [0.15, 0.2) is 0 Å². The molecule has 1 aliphatic rings. The molecule has 2 nitrogen and oxygen atoms in total. The first-order valence-electron chi connectivity index (χ1n) is 7.45. The van der Waals surface area contributed by atoms with E-state index in [0.29, 0.717) is 10.5 Å². The van der Waals surface area contributed by atoms with Gasteiger partial charge >= 0.3 is 0 Å². The molecule has 0 aromatic heterocycles. The van der Waals surface area contributed by atoms with Crippen LogP contribution in [-0.4, -0.2) is 30.6 Å². The Balaban J connectivity index is 1.99. The fraction of sp³-hybridized carbons (Fsp3) is 0.625. The minimum Gasteiger partial charge on any atom is -0.317 e. The highest BCUT2D eigenvalue weighted by molar-refractivity contribution is 9.10. The molecule has 1 aromatic carbocycles. The van der Waals surface area contributed by atoms with Crippen LogP contribution < -0.4 is 5.32 Å². The Kier molecular flexibility index (Phi) is 6.00. The minimum absolute atomic E-state index is 0.191. The summed E-state index contributed by atoms with van der Waals surface area (Å²) in [6, 6.07) is 5.83. The topological polar surface area (TPSA) is 15.3 Å². The van der Waals surface area contributed by atoms with Crippen molar-refractivity contribution in [1.82, 2.24) is 10.2 Å². The van der Waals surface area contributed by atoms with E-state index in [4.69, 9.17) is 0 Å². The summed E-state index contributed by atoms with van der Waals surface area (Å²) in [7, 11) is 0. The lowest BCUT2D eigenvalue weighted by atomic mass is 9.96. The monoisotopic (exact) mass is 342 g/mol. The van der Waals surface area contributed by atoms with Gasteiger partial charge in [0, 0.05) is 19.1 Å². The van der Waals surface area contributed by atoms with Crippen LogP contribution in [0.15, 0.2) is 22.7 Å². The van der Waals surface area contributed by atoms with Gasteiger partial charge in [-0.05, 0) is 79.3 Å². The van der Waals surface area contributed by atoms with Crippen molar-refractivity contribution in [3.05, 3.63) is 34.1 Å². The lowest BCUT2D eigenvalue weighted by Gasteiger charge is -2.32. The number of hydrogen-bond acceptors (Lipinski definition) is 2. The lowest BCUT2D eigenvalue weighted by Crippen LogP contribution is -2.39. The molecule has 1 heterocycles. The summed E-state index contributed by atoms with van der Waals surface area (Å²) in [5.74, 6) is 0.589. The van der Waals surface area contributed by atoms with Crippen LogP contribution in [0.2, 0.25) is 0 Å². The van der Waals surface area contributed by atoms with E-state index in [-0.39, 0.29) is 5.82 Å². The maximum atomic E-state index is 13.3. The van der Waals surface area contributed by atoms with E-state index in [1.165, 1.54) is 18.4 Å². The van der Waals surface area contributed by atoms with E-state index in [1.54, 1.807) is 6.07 Å². The van der Waals surface area contributed by atoms with Gasteiger partial charge in [0.2, 0.25) is 0 Å². The van der Waals surface area contributed by atoms with Gasteiger partial charge in [0.05, 0.1) is 4.47 Å². The molecular weight excluding hydrogens is 319 g/mol. The molecule has 112 valence electrons. The second-order valence-corrected chi connectivity index (χ2v) is 6.82. The van der Waals surface area contributed by atoms with Gasteiger partial charge in [0.1, 0.15) is 5.82 Å². The standard InChI is InChI=1S/C16H24BrFN2/c1-12(2)20(10-13-5-7-19-8-6-13)11-14-3-4-16(18)15(17)9-14/h3-4,9,12-13,19H,5-8,10-11H2,1-2H3. The van der Waals surface area contributed by atoms with Crippen molar-refractivity contribution in [3.8, 4) is 0 Å².